The van der Waals surface area contributed by atoms with E-state index in [1.807, 2.05) is 27.2 Å². The van der Waals surface area contributed by atoms with E-state index in [2.05, 4.69) is 165 Å². The number of hydrogen-bond donors (Lipinski definition) is 2. The van der Waals surface area contributed by atoms with E-state index in [9.17, 15) is 19.4 Å². The zero-order valence-corrected chi connectivity index (χ0v) is 56.1. The summed E-state index contributed by atoms with van der Waals surface area (Å²) >= 11 is 0. The smallest absolute Gasteiger partial charge is 0.268 e. The van der Waals surface area contributed by atoms with E-state index in [1.165, 1.54) is 128 Å². The third kappa shape index (κ3) is 67.5. The molecule has 0 aromatic rings. The van der Waals surface area contributed by atoms with Crippen LogP contribution in [0, 0.1) is 0 Å². The highest BCUT2D eigenvalue weighted by atomic mass is 31.2. The van der Waals surface area contributed by atoms with Gasteiger partial charge in [0.15, 0.2) is 0 Å². The van der Waals surface area contributed by atoms with E-state index in [-0.39, 0.29) is 18.9 Å². The van der Waals surface area contributed by atoms with E-state index < -0.39 is 26.6 Å². The third-order valence-corrected chi connectivity index (χ3v) is 15.5. The highest BCUT2D eigenvalue weighted by molar-refractivity contribution is 7.45. The van der Waals surface area contributed by atoms with Gasteiger partial charge in [-0.3, -0.25) is 9.36 Å². The Morgan fingerprint density at radius 2 is 0.718 bits per heavy atom. The fraction of sp³-hybridized carbons (Fsp3) is 0.645. The summed E-state index contributed by atoms with van der Waals surface area (Å²) in [4.78, 5) is 25.6. The van der Waals surface area contributed by atoms with Crippen molar-refractivity contribution in [2.45, 2.75) is 276 Å². The Hall–Kier alpha value is -3.88. The minimum atomic E-state index is -4.63. The first-order valence-corrected chi connectivity index (χ1v) is 35.8. The van der Waals surface area contributed by atoms with E-state index >= 15 is 0 Å². The number of aliphatic hydroxyl groups is 1. The maximum absolute atomic E-state index is 13.0. The molecule has 0 spiro atoms. The first-order valence-electron chi connectivity index (χ1n) is 34.3. The Bertz CT molecular complexity index is 1940. The topological polar surface area (TPSA) is 108 Å². The van der Waals surface area contributed by atoms with Crippen LogP contribution in [0.5, 0.6) is 0 Å². The zero-order valence-electron chi connectivity index (χ0n) is 55.2. The first kappa shape index (κ1) is 81.1. The zero-order chi connectivity index (χ0) is 61.9. The van der Waals surface area contributed by atoms with Crippen LogP contribution in [0.2, 0.25) is 0 Å². The van der Waals surface area contributed by atoms with Gasteiger partial charge in [0.1, 0.15) is 13.2 Å². The standard InChI is InChI=1S/C76H129N2O6P/c1-6-8-10-12-14-16-18-20-22-24-26-28-30-32-33-34-35-36-37-38-39-40-41-42-43-44-45-46-48-50-52-54-56-58-60-62-64-66-68-70-76(80)77-74(73-84-85(81,82)83-72-71-78(3,4)5)75(79)69-67-65-63-61-59-57-55-53-51-49-47-31-29-27-25-23-21-19-17-15-13-11-9-7-2/h8,10,14,16,20,22,26,28,32-33,35-36,38-39,41-42,44-45,48,50,54,56,60,62,67,69,74-75,79H,6-7,9,11-13,15,17-19,21,23-25,27,29-31,34,37,40,43,46-47,49,51-53,55,57-59,61,63-66,68,70-73H2,1-5H3,(H-,77,80,81,82)/b10-8-,16-14-,22-20-,28-26-,33-32-,36-35-,39-38-,42-41-,45-44-,50-48-,56-54-,62-60-,69-67+. The number of hydrogen-bond acceptors (Lipinski definition) is 6. The average Bonchev–Trinajstić information content (AvgIpc) is 3.49. The van der Waals surface area contributed by atoms with E-state index in [0.717, 1.165) is 109 Å². The minimum absolute atomic E-state index is 0.0177. The van der Waals surface area contributed by atoms with Crippen molar-refractivity contribution in [2.75, 3.05) is 40.9 Å². The van der Waals surface area contributed by atoms with Crippen molar-refractivity contribution in [1.82, 2.24) is 5.32 Å². The SMILES string of the molecule is CC/C=C\C/C=C\C/C=C\C/C=C\C/C=C\C/C=C\C/C=C\C/C=C\C/C=C\C/C=C\C/C=C\C/C=C\CCCCC(=O)NC(COP(=O)([O-])OCC[N+](C)(C)C)C(O)/C=C/CCCCCCCCCCCCCCCCCCCCCCCC. The molecular formula is C76H129N2O6P. The Morgan fingerprint density at radius 1 is 0.424 bits per heavy atom. The van der Waals surface area contributed by atoms with Gasteiger partial charge in [0.25, 0.3) is 7.82 Å². The molecule has 484 valence electrons. The summed E-state index contributed by atoms with van der Waals surface area (Å²) in [6.07, 6.45) is 101. The van der Waals surface area contributed by atoms with Gasteiger partial charge in [-0.15, -0.1) is 0 Å². The monoisotopic (exact) mass is 1200 g/mol. The Kier molecular flexibility index (Phi) is 61.6. The number of carbonyl (C=O) groups excluding carboxylic acids is 1. The van der Waals surface area contributed by atoms with Crippen LogP contribution in [0.15, 0.2) is 158 Å². The van der Waals surface area contributed by atoms with Crippen molar-refractivity contribution < 1.29 is 32.9 Å². The summed E-state index contributed by atoms with van der Waals surface area (Å²) in [6.45, 7) is 4.51. The Labute approximate surface area is 524 Å². The number of likely N-dealkylation sites (N-methyl/N-ethyl adjacent to an activating group) is 1. The third-order valence-electron chi connectivity index (χ3n) is 14.5. The molecule has 0 fully saturated rings. The van der Waals surface area contributed by atoms with Crippen LogP contribution >= 0.6 is 7.82 Å². The van der Waals surface area contributed by atoms with Crippen molar-refractivity contribution in [3.63, 3.8) is 0 Å². The van der Waals surface area contributed by atoms with Crippen molar-refractivity contribution in [1.29, 1.82) is 0 Å². The number of nitrogens with one attached hydrogen (secondary N) is 1. The molecule has 0 saturated carbocycles. The van der Waals surface area contributed by atoms with Gasteiger partial charge in [0, 0.05) is 6.42 Å². The second kappa shape index (κ2) is 64.6. The predicted molar refractivity (Wildman–Crippen MR) is 371 cm³/mol. The van der Waals surface area contributed by atoms with E-state index in [0.29, 0.717) is 17.4 Å². The average molecular weight is 1200 g/mol. The fourth-order valence-electron chi connectivity index (χ4n) is 9.19. The number of unbranched alkanes of at least 4 members (excludes halogenated alkanes) is 24. The van der Waals surface area contributed by atoms with Gasteiger partial charge in [0.05, 0.1) is 39.9 Å². The molecule has 3 atom stereocenters. The van der Waals surface area contributed by atoms with E-state index in [4.69, 9.17) is 9.05 Å². The lowest BCUT2D eigenvalue weighted by Crippen LogP contribution is -2.45. The second-order valence-corrected chi connectivity index (χ2v) is 25.2. The molecule has 9 heteroatoms. The number of phosphoric ester groups is 1. The lowest BCUT2D eigenvalue weighted by atomic mass is 10.0. The van der Waals surface area contributed by atoms with Crippen LogP contribution < -0.4 is 10.2 Å². The number of rotatable bonds is 61. The number of aliphatic hydroxyl groups excluding tert-OH is 1. The molecule has 1 amide bonds. The molecule has 0 bridgehead atoms. The van der Waals surface area contributed by atoms with Crippen LogP contribution in [-0.2, 0) is 18.4 Å². The Balaban J connectivity index is 4.26. The number of allylic oxidation sites excluding steroid dienone is 25. The van der Waals surface area contributed by atoms with Crippen molar-refractivity contribution >= 4 is 13.7 Å². The summed E-state index contributed by atoms with van der Waals surface area (Å²) in [6, 6.07) is -0.923. The van der Waals surface area contributed by atoms with Gasteiger partial charge < -0.3 is 28.8 Å². The van der Waals surface area contributed by atoms with E-state index in [1.54, 1.807) is 6.08 Å². The van der Waals surface area contributed by atoms with Gasteiger partial charge in [-0.1, -0.05) is 307 Å². The van der Waals surface area contributed by atoms with Crippen LogP contribution in [0.3, 0.4) is 0 Å². The number of nitrogens with zero attached hydrogens (tertiary/aromatic N) is 1. The van der Waals surface area contributed by atoms with Crippen molar-refractivity contribution in [2.24, 2.45) is 0 Å². The number of carbonyl (C=O) groups is 1. The molecule has 0 aliphatic heterocycles. The Morgan fingerprint density at radius 3 is 1.05 bits per heavy atom. The lowest BCUT2D eigenvalue weighted by molar-refractivity contribution is -0.870. The van der Waals surface area contributed by atoms with Gasteiger partial charge in [-0.05, 0) is 109 Å². The maximum Gasteiger partial charge on any atom is 0.268 e. The molecule has 0 aliphatic rings. The van der Waals surface area contributed by atoms with Gasteiger partial charge >= 0.3 is 0 Å². The number of phosphoric acid groups is 1. The molecule has 8 nitrogen and oxygen atoms in total. The van der Waals surface area contributed by atoms with Crippen LogP contribution in [-0.4, -0.2) is 68.5 Å². The summed E-state index contributed by atoms with van der Waals surface area (Å²) in [5.74, 6) is -0.244. The molecule has 0 radical (unpaired) electrons. The molecule has 0 aromatic carbocycles. The highest BCUT2D eigenvalue weighted by Crippen LogP contribution is 2.38. The highest BCUT2D eigenvalue weighted by Gasteiger charge is 2.23. The van der Waals surface area contributed by atoms with Crippen LogP contribution in [0.25, 0.3) is 0 Å². The molecular weight excluding hydrogens is 1070 g/mol. The minimum Gasteiger partial charge on any atom is -0.756 e. The first-order chi connectivity index (χ1) is 41.5. The molecule has 2 N–H and O–H groups in total. The molecule has 0 rings (SSSR count). The molecule has 0 heterocycles. The summed E-state index contributed by atoms with van der Waals surface area (Å²) < 4.78 is 23.4. The van der Waals surface area contributed by atoms with Crippen LogP contribution in [0.4, 0.5) is 0 Å². The largest absolute Gasteiger partial charge is 0.756 e. The van der Waals surface area contributed by atoms with Crippen molar-refractivity contribution in [3.8, 4) is 0 Å². The maximum atomic E-state index is 13.0. The normalized spacial score (nSPS) is 14.7. The molecule has 85 heavy (non-hydrogen) atoms. The molecule has 0 aliphatic carbocycles. The second-order valence-electron chi connectivity index (χ2n) is 23.8. The summed E-state index contributed by atoms with van der Waals surface area (Å²) in [5.41, 5.74) is 0. The quantitative estimate of drug-likeness (QED) is 0.0272. The predicted octanol–water partition coefficient (Wildman–Crippen LogP) is 21.5. The summed E-state index contributed by atoms with van der Waals surface area (Å²) in [7, 11) is 1.21. The van der Waals surface area contributed by atoms with Crippen LogP contribution in [0.1, 0.15) is 264 Å². The van der Waals surface area contributed by atoms with Gasteiger partial charge in [0.2, 0.25) is 5.91 Å². The summed E-state index contributed by atoms with van der Waals surface area (Å²) in [5, 5.41) is 13.9. The van der Waals surface area contributed by atoms with Gasteiger partial charge in [-0.2, -0.15) is 0 Å². The van der Waals surface area contributed by atoms with Gasteiger partial charge in [-0.25, -0.2) is 0 Å². The molecule has 3 unspecified atom stereocenters. The number of quaternary nitrogens is 1. The fourth-order valence-corrected chi connectivity index (χ4v) is 9.92. The number of amides is 1. The molecule has 0 aromatic heterocycles. The lowest BCUT2D eigenvalue weighted by Gasteiger charge is -2.29. The van der Waals surface area contributed by atoms with Crippen molar-refractivity contribution in [3.05, 3.63) is 158 Å². The molecule has 0 saturated heterocycles.